The maximum atomic E-state index is 14.0. The molecule has 1 heterocycles. The molecule has 0 aromatic carbocycles. The van der Waals surface area contributed by atoms with Gasteiger partial charge in [-0.2, -0.15) is 0 Å². The Balaban J connectivity index is 2.30. The van der Waals surface area contributed by atoms with Crippen LogP contribution < -0.4 is 5.32 Å². The van der Waals surface area contributed by atoms with Crippen LogP contribution in [0.25, 0.3) is 5.57 Å². The zero-order valence-corrected chi connectivity index (χ0v) is 13.5. The minimum absolute atomic E-state index is 0.140. The average Bonchev–Trinajstić information content (AvgIpc) is 2.86. The summed E-state index contributed by atoms with van der Waals surface area (Å²) in [6.45, 7) is 5.52. The predicted octanol–water partition coefficient (Wildman–Crippen LogP) is 3.40. The zero-order chi connectivity index (χ0) is 16.3. The van der Waals surface area contributed by atoms with Crippen molar-refractivity contribution in [3.63, 3.8) is 0 Å². The molecule has 1 atom stereocenters. The summed E-state index contributed by atoms with van der Waals surface area (Å²) in [6.07, 6.45) is 5.31. The van der Waals surface area contributed by atoms with Gasteiger partial charge in [-0.05, 0) is 33.3 Å². The maximum absolute atomic E-state index is 14.0. The number of H-pyrrole nitrogens is 1. The van der Waals surface area contributed by atoms with E-state index >= 15 is 0 Å². The second-order valence-electron chi connectivity index (χ2n) is 5.36. The zero-order valence-electron chi connectivity index (χ0n) is 12.7. The molecule has 0 aliphatic heterocycles. The highest BCUT2D eigenvalue weighted by Crippen LogP contribution is 2.29. The number of amidine groups is 2. The normalized spacial score (nSPS) is 19.0. The van der Waals surface area contributed by atoms with Crippen LogP contribution >= 0.6 is 11.6 Å². The molecule has 1 unspecified atom stereocenters. The third-order valence-corrected chi connectivity index (χ3v) is 3.22. The van der Waals surface area contributed by atoms with E-state index in [1.165, 1.54) is 6.08 Å². The summed E-state index contributed by atoms with van der Waals surface area (Å²) in [5.74, 6) is 0.695. The molecule has 22 heavy (non-hydrogen) atoms. The Morgan fingerprint density at radius 2 is 2.32 bits per heavy atom. The monoisotopic (exact) mass is 323 g/mol. The second-order valence-corrected chi connectivity index (χ2v) is 5.92. The Morgan fingerprint density at radius 3 is 2.91 bits per heavy atom. The Kier molecular flexibility index (Phi) is 5.13. The number of rotatable bonds is 3. The smallest absolute Gasteiger partial charge is 0.155 e. The molecule has 0 amide bonds. The summed E-state index contributed by atoms with van der Waals surface area (Å²) >= 11 is 5.89. The molecule has 0 saturated carbocycles. The van der Waals surface area contributed by atoms with Crippen molar-refractivity contribution in [3.05, 3.63) is 35.7 Å². The van der Waals surface area contributed by atoms with Gasteiger partial charge in [-0.15, -0.1) is 11.6 Å². The van der Waals surface area contributed by atoms with Crippen LogP contribution in [-0.2, 0) is 0 Å². The molecule has 1 aliphatic rings. The number of halogens is 2. The van der Waals surface area contributed by atoms with E-state index < -0.39 is 0 Å². The lowest BCUT2D eigenvalue weighted by molar-refractivity contribution is 0.659. The lowest BCUT2D eigenvalue weighted by atomic mass is 10.1. The first-order valence-electron chi connectivity index (χ1n) is 7.05. The van der Waals surface area contributed by atoms with Gasteiger partial charge in [-0.3, -0.25) is 5.41 Å². The van der Waals surface area contributed by atoms with Gasteiger partial charge in [0.1, 0.15) is 23.2 Å². The molecule has 1 aromatic rings. The third kappa shape index (κ3) is 4.04. The first-order chi connectivity index (χ1) is 10.4. The van der Waals surface area contributed by atoms with Crippen LogP contribution in [0.3, 0.4) is 0 Å². The molecule has 1 aromatic heterocycles. The van der Waals surface area contributed by atoms with Crippen LogP contribution in [0.2, 0.25) is 0 Å². The van der Waals surface area contributed by atoms with Crippen molar-refractivity contribution in [2.24, 2.45) is 4.99 Å². The molecule has 7 heteroatoms. The molecule has 0 radical (unpaired) electrons. The Bertz CT molecular complexity index is 657. The van der Waals surface area contributed by atoms with Gasteiger partial charge in [0, 0.05) is 17.8 Å². The molecule has 118 valence electrons. The fourth-order valence-corrected chi connectivity index (χ4v) is 2.24. The number of aromatic amines is 1. The van der Waals surface area contributed by atoms with Crippen molar-refractivity contribution >= 4 is 28.8 Å². The van der Waals surface area contributed by atoms with Gasteiger partial charge in [0.2, 0.25) is 0 Å². The van der Waals surface area contributed by atoms with E-state index in [0.29, 0.717) is 29.3 Å². The highest BCUT2D eigenvalue weighted by molar-refractivity contribution is 6.22. The van der Waals surface area contributed by atoms with Crippen molar-refractivity contribution in [2.75, 3.05) is 0 Å². The number of nitrogens with one attached hydrogen (secondary N) is 3. The van der Waals surface area contributed by atoms with Crippen LogP contribution in [0.5, 0.6) is 0 Å². The second kappa shape index (κ2) is 6.87. The summed E-state index contributed by atoms with van der Waals surface area (Å²) in [4.78, 5) is 11.5. The Hall–Kier alpha value is -1.95. The number of nitrogens with zero attached hydrogens (tertiary/aromatic N) is 2. The lowest BCUT2D eigenvalue weighted by Gasteiger charge is -2.12. The fraction of sp³-hybridized carbons (Fsp3) is 0.400. The Morgan fingerprint density at radius 1 is 1.59 bits per heavy atom. The van der Waals surface area contributed by atoms with E-state index in [0.717, 1.165) is 0 Å². The number of aromatic nitrogens is 2. The fourth-order valence-electron chi connectivity index (χ4n) is 2.04. The predicted molar refractivity (Wildman–Crippen MR) is 88.2 cm³/mol. The van der Waals surface area contributed by atoms with Crippen molar-refractivity contribution in [3.8, 4) is 0 Å². The van der Waals surface area contributed by atoms with Crippen molar-refractivity contribution in [1.29, 1.82) is 5.41 Å². The summed E-state index contributed by atoms with van der Waals surface area (Å²) in [6, 6.07) is 0.140. The topological polar surface area (TPSA) is 76.9 Å². The van der Waals surface area contributed by atoms with Crippen molar-refractivity contribution < 1.29 is 4.39 Å². The number of hydrogen-bond acceptors (Lipinski definition) is 2. The largest absolute Gasteiger partial charge is 0.366 e. The first kappa shape index (κ1) is 16.4. The molecular weight excluding hydrogens is 305 g/mol. The van der Waals surface area contributed by atoms with Gasteiger partial charge in [0.05, 0.1) is 5.38 Å². The quantitative estimate of drug-likeness (QED) is 0.453. The van der Waals surface area contributed by atoms with Crippen LogP contribution in [0.4, 0.5) is 4.39 Å². The molecule has 0 bridgehead atoms. The van der Waals surface area contributed by atoms with Gasteiger partial charge < -0.3 is 10.3 Å². The van der Waals surface area contributed by atoms with Gasteiger partial charge in [-0.1, -0.05) is 6.08 Å². The van der Waals surface area contributed by atoms with Crippen LogP contribution in [0, 0.1) is 5.41 Å². The number of hydrogen-bond donors (Lipinski definition) is 3. The van der Waals surface area contributed by atoms with Gasteiger partial charge in [-0.25, -0.2) is 14.4 Å². The molecule has 0 spiro atoms. The van der Waals surface area contributed by atoms with Crippen LogP contribution in [0.1, 0.15) is 38.7 Å². The molecular formula is C15H19ClFN5. The summed E-state index contributed by atoms with van der Waals surface area (Å²) in [5, 5.41) is 10.3. The SMILES string of the molecule is CC(=N)/N=C(\NC(C)C)c1c[nH]c(C2=CCC(Cl)C=C2F)n1. The molecule has 2 rings (SSSR count). The van der Waals surface area contributed by atoms with Crippen molar-refractivity contribution in [2.45, 2.75) is 38.6 Å². The highest BCUT2D eigenvalue weighted by atomic mass is 35.5. The van der Waals surface area contributed by atoms with Gasteiger partial charge in [0.15, 0.2) is 5.84 Å². The highest BCUT2D eigenvalue weighted by Gasteiger charge is 2.19. The lowest BCUT2D eigenvalue weighted by Crippen LogP contribution is -2.32. The van der Waals surface area contributed by atoms with E-state index in [9.17, 15) is 4.39 Å². The van der Waals surface area contributed by atoms with E-state index in [4.69, 9.17) is 17.0 Å². The number of allylic oxidation sites excluding steroid dienone is 4. The molecule has 3 N–H and O–H groups in total. The standard InChI is InChI=1S/C15H19ClFN5/c1-8(2)20-15(21-9(3)18)13-7-19-14(22-13)11-5-4-10(16)6-12(11)17/h5-8,10H,4H2,1-3H3,(H,19,22)(H2,18,20,21). The molecule has 1 aliphatic carbocycles. The first-order valence-corrected chi connectivity index (χ1v) is 7.49. The number of aliphatic imine (C=N–C) groups is 1. The minimum Gasteiger partial charge on any atom is -0.366 e. The van der Waals surface area contributed by atoms with Crippen LogP contribution in [-0.4, -0.2) is 33.1 Å². The third-order valence-electron chi connectivity index (χ3n) is 2.91. The van der Waals surface area contributed by atoms with Gasteiger partial charge >= 0.3 is 0 Å². The molecule has 0 saturated heterocycles. The maximum Gasteiger partial charge on any atom is 0.155 e. The van der Waals surface area contributed by atoms with E-state index in [-0.39, 0.29) is 23.1 Å². The van der Waals surface area contributed by atoms with Gasteiger partial charge in [0.25, 0.3) is 0 Å². The summed E-state index contributed by atoms with van der Waals surface area (Å²) in [7, 11) is 0. The molecule has 5 nitrogen and oxygen atoms in total. The average molecular weight is 324 g/mol. The van der Waals surface area contributed by atoms with E-state index in [1.807, 2.05) is 13.8 Å². The van der Waals surface area contributed by atoms with E-state index in [2.05, 4.69) is 20.3 Å². The van der Waals surface area contributed by atoms with Crippen molar-refractivity contribution in [1.82, 2.24) is 15.3 Å². The van der Waals surface area contributed by atoms with E-state index in [1.54, 1.807) is 19.2 Å². The summed E-state index contributed by atoms with van der Waals surface area (Å²) < 4.78 is 14.0. The Labute approximate surface area is 133 Å². The minimum atomic E-state index is -0.384. The number of alkyl halides is 1. The summed E-state index contributed by atoms with van der Waals surface area (Å²) in [5.41, 5.74) is 0.940. The van der Waals surface area contributed by atoms with Crippen LogP contribution in [0.15, 0.2) is 29.2 Å². The molecule has 0 fully saturated rings. The number of imidazole rings is 1.